The second kappa shape index (κ2) is 5.57. The monoisotopic (exact) mass is 316 g/mol. The number of halogens is 2. The highest BCUT2D eigenvalue weighted by molar-refractivity contribution is 9.10. The van der Waals surface area contributed by atoms with Crippen LogP contribution in [0.15, 0.2) is 33.6 Å². The van der Waals surface area contributed by atoms with Gasteiger partial charge in [-0.15, -0.1) is 0 Å². The molecule has 2 rings (SSSR count). The van der Waals surface area contributed by atoms with E-state index in [0.717, 1.165) is 5.56 Å². The number of pyridine rings is 1. The molecule has 2 heterocycles. The molecule has 0 radical (unpaired) electrons. The standard InChI is InChI=1S/C11H10BrFN2OS/c12-8-3-9(13)11(14-4-8)15-5-10(16)7-1-2-17-6-7/h1-4,6,10,16H,5H2,(H,14,15). The molecule has 1 atom stereocenters. The molecular weight excluding hydrogens is 307 g/mol. The number of nitrogens with zero attached hydrogens (tertiary/aromatic N) is 1. The first kappa shape index (κ1) is 12.5. The predicted molar refractivity (Wildman–Crippen MR) is 69.7 cm³/mol. The molecular formula is C11H10BrFN2OS. The zero-order valence-corrected chi connectivity index (χ0v) is 11.1. The van der Waals surface area contributed by atoms with Crippen LogP contribution in [0.3, 0.4) is 0 Å². The summed E-state index contributed by atoms with van der Waals surface area (Å²) in [5.74, 6) is -0.306. The summed E-state index contributed by atoms with van der Waals surface area (Å²) in [4.78, 5) is 3.89. The van der Waals surface area contributed by atoms with Crippen LogP contribution in [0, 0.1) is 5.82 Å². The summed E-state index contributed by atoms with van der Waals surface area (Å²) in [6.45, 7) is 0.224. The predicted octanol–water partition coefficient (Wildman–Crippen LogP) is 3.19. The second-order valence-electron chi connectivity index (χ2n) is 3.44. The molecule has 0 aromatic carbocycles. The summed E-state index contributed by atoms with van der Waals surface area (Å²) in [6, 6.07) is 3.16. The van der Waals surface area contributed by atoms with Gasteiger partial charge in [0.05, 0.1) is 6.10 Å². The van der Waals surface area contributed by atoms with Gasteiger partial charge in [-0.25, -0.2) is 9.37 Å². The SMILES string of the molecule is OC(CNc1ncc(Br)cc1F)c1ccsc1. The van der Waals surface area contributed by atoms with Crippen molar-refractivity contribution in [1.29, 1.82) is 0 Å². The van der Waals surface area contributed by atoms with Crippen molar-refractivity contribution < 1.29 is 9.50 Å². The van der Waals surface area contributed by atoms with Gasteiger partial charge in [0, 0.05) is 17.2 Å². The fourth-order valence-corrected chi connectivity index (χ4v) is 2.33. The number of nitrogens with one attached hydrogen (secondary N) is 1. The Morgan fingerprint density at radius 1 is 1.59 bits per heavy atom. The molecule has 0 saturated carbocycles. The molecule has 0 spiro atoms. The molecule has 0 aliphatic heterocycles. The normalized spacial score (nSPS) is 12.4. The van der Waals surface area contributed by atoms with Crippen molar-refractivity contribution in [1.82, 2.24) is 4.98 Å². The van der Waals surface area contributed by atoms with Crippen LogP contribution >= 0.6 is 27.3 Å². The lowest BCUT2D eigenvalue weighted by Gasteiger charge is -2.11. The van der Waals surface area contributed by atoms with E-state index < -0.39 is 11.9 Å². The van der Waals surface area contributed by atoms with E-state index >= 15 is 0 Å². The van der Waals surface area contributed by atoms with Crippen LogP contribution in [0.2, 0.25) is 0 Å². The van der Waals surface area contributed by atoms with E-state index in [-0.39, 0.29) is 12.4 Å². The van der Waals surface area contributed by atoms with Gasteiger partial charge in [0.1, 0.15) is 0 Å². The molecule has 17 heavy (non-hydrogen) atoms. The molecule has 2 aromatic heterocycles. The van der Waals surface area contributed by atoms with Gasteiger partial charge in [-0.05, 0) is 44.4 Å². The van der Waals surface area contributed by atoms with Gasteiger partial charge >= 0.3 is 0 Å². The maximum atomic E-state index is 13.4. The Kier molecular flexibility index (Phi) is 4.09. The summed E-state index contributed by atoms with van der Waals surface area (Å²) in [5, 5.41) is 16.3. The van der Waals surface area contributed by atoms with Gasteiger partial charge in [-0.3, -0.25) is 0 Å². The Morgan fingerprint density at radius 2 is 2.41 bits per heavy atom. The number of thiophene rings is 1. The summed E-state index contributed by atoms with van der Waals surface area (Å²) in [5.41, 5.74) is 0.819. The molecule has 3 nitrogen and oxygen atoms in total. The third kappa shape index (κ3) is 3.24. The molecule has 2 aromatic rings. The number of hydrogen-bond acceptors (Lipinski definition) is 4. The lowest BCUT2D eigenvalue weighted by molar-refractivity contribution is 0.192. The largest absolute Gasteiger partial charge is 0.387 e. The van der Waals surface area contributed by atoms with E-state index in [9.17, 15) is 9.50 Å². The molecule has 0 amide bonds. The number of aliphatic hydroxyl groups is 1. The summed E-state index contributed by atoms with van der Waals surface area (Å²) in [7, 11) is 0. The molecule has 2 N–H and O–H groups in total. The zero-order valence-electron chi connectivity index (χ0n) is 8.73. The van der Waals surface area contributed by atoms with E-state index in [1.807, 2.05) is 16.8 Å². The zero-order chi connectivity index (χ0) is 12.3. The summed E-state index contributed by atoms with van der Waals surface area (Å²) >= 11 is 4.64. The van der Waals surface area contributed by atoms with Crippen molar-refractivity contribution in [2.45, 2.75) is 6.10 Å². The highest BCUT2D eigenvalue weighted by Crippen LogP contribution is 2.19. The Bertz CT molecular complexity index is 492. The molecule has 6 heteroatoms. The number of aromatic nitrogens is 1. The number of anilines is 1. The van der Waals surface area contributed by atoms with Crippen LogP contribution in [0.4, 0.5) is 10.2 Å². The quantitative estimate of drug-likeness (QED) is 0.910. The van der Waals surface area contributed by atoms with Gasteiger partial charge in [0.2, 0.25) is 0 Å². The lowest BCUT2D eigenvalue weighted by Crippen LogP contribution is -2.13. The minimum atomic E-state index is -0.661. The first-order valence-electron chi connectivity index (χ1n) is 4.92. The van der Waals surface area contributed by atoms with Crippen LogP contribution in [0.5, 0.6) is 0 Å². The third-order valence-corrected chi connectivity index (χ3v) is 3.33. The van der Waals surface area contributed by atoms with Crippen LogP contribution in [-0.4, -0.2) is 16.6 Å². The Morgan fingerprint density at radius 3 is 3.06 bits per heavy atom. The number of hydrogen-bond donors (Lipinski definition) is 2. The van der Waals surface area contributed by atoms with E-state index in [2.05, 4.69) is 26.2 Å². The smallest absolute Gasteiger partial charge is 0.166 e. The maximum Gasteiger partial charge on any atom is 0.166 e. The van der Waals surface area contributed by atoms with E-state index in [1.165, 1.54) is 23.6 Å². The fourth-order valence-electron chi connectivity index (χ4n) is 1.32. The topological polar surface area (TPSA) is 45.1 Å². The number of rotatable bonds is 4. The van der Waals surface area contributed by atoms with E-state index in [1.54, 1.807) is 0 Å². The van der Waals surface area contributed by atoms with Gasteiger partial charge in [0.15, 0.2) is 11.6 Å². The van der Waals surface area contributed by atoms with Gasteiger partial charge < -0.3 is 10.4 Å². The van der Waals surface area contributed by atoms with E-state index in [0.29, 0.717) is 4.47 Å². The molecule has 0 aliphatic carbocycles. The summed E-state index contributed by atoms with van der Waals surface area (Å²) in [6.07, 6.45) is 0.841. The lowest BCUT2D eigenvalue weighted by atomic mass is 10.2. The Labute approximate surface area is 110 Å². The third-order valence-electron chi connectivity index (χ3n) is 2.20. The Hall–Kier alpha value is -0.980. The van der Waals surface area contributed by atoms with Gasteiger partial charge in [-0.2, -0.15) is 11.3 Å². The number of aliphatic hydroxyl groups excluding tert-OH is 1. The molecule has 0 saturated heterocycles. The molecule has 0 aliphatic rings. The van der Waals surface area contributed by atoms with Crippen LogP contribution in [-0.2, 0) is 0 Å². The Balaban J connectivity index is 1.98. The molecule has 1 unspecified atom stereocenters. The van der Waals surface area contributed by atoms with Crippen molar-refractivity contribution >= 4 is 33.1 Å². The highest BCUT2D eigenvalue weighted by Gasteiger charge is 2.10. The van der Waals surface area contributed by atoms with Crippen LogP contribution < -0.4 is 5.32 Å². The second-order valence-corrected chi connectivity index (χ2v) is 5.13. The maximum absolute atomic E-state index is 13.4. The fraction of sp³-hybridized carbons (Fsp3) is 0.182. The van der Waals surface area contributed by atoms with E-state index in [4.69, 9.17) is 0 Å². The average Bonchev–Trinajstić information content (AvgIpc) is 2.81. The van der Waals surface area contributed by atoms with Crippen molar-refractivity contribution in [3.05, 3.63) is 44.9 Å². The molecule has 90 valence electrons. The minimum absolute atomic E-state index is 0.141. The van der Waals surface area contributed by atoms with Crippen molar-refractivity contribution in [3.8, 4) is 0 Å². The molecule has 0 fully saturated rings. The van der Waals surface area contributed by atoms with Crippen molar-refractivity contribution in [2.75, 3.05) is 11.9 Å². The first-order chi connectivity index (χ1) is 8.16. The van der Waals surface area contributed by atoms with Crippen molar-refractivity contribution in [2.24, 2.45) is 0 Å². The summed E-state index contributed by atoms with van der Waals surface area (Å²) < 4.78 is 14.0. The van der Waals surface area contributed by atoms with Gasteiger partial charge in [-0.1, -0.05) is 0 Å². The van der Waals surface area contributed by atoms with Crippen LogP contribution in [0.1, 0.15) is 11.7 Å². The van der Waals surface area contributed by atoms with Crippen molar-refractivity contribution in [3.63, 3.8) is 0 Å². The first-order valence-corrected chi connectivity index (χ1v) is 6.65. The van der Waals surface area contributed by atoms with Crippen LogP contribution in [0.25, 0.3) is 0 Å². The average molecular weight is 317 g/mol. The molecule has 0 bridgehead atoms. The highest BCUT2D eigenvalue weighted by atomic mass is 79.9. The van der Waals surface area contributed by atoms with Gasteiger partial charge in [0.25, 0.3) is 0 Å². The minimum Gasteiger partial charge on any atom is -0.387 e.